The van der Waals surface area contributed by atoms with E-state index in [2.05, 4.69) is 16.0 Å². The Morgan fingerprint density at radius 3 is 2.45 bits per heavy atom. The Labute approximate surface area is 346 Å². The van der Waals surface area contributed by atoms with E-state index in [4.69, 9.17) is 23.9 Å². The number of hydrogen-bond acceptors (Lipinski definition) is 10. The summed E-state index contributed by atoms with van der Waals surface area (Å²) < 4.78 is 68.8. The number of ether oxygens (including phenoxy) is 4. The van der Waals surface area contributed by atoms with Gasteiger partial charge in [-0.1, -0.05) is 30.3 Å². The van der Waals surface area contributed by atoms with Crippen LogP contribution >= 0.6 is 0 Å². The van der Waals surface area contributed by atoms with Crippen LogP contribution in [0, 0.1) is 23.5 Å². The molecule has 15 nitrogen and oxygen atoms in total. The average Bonchev–Trinajstić information content (AvgIpc) is 3.95. The number of amides is 5. The van der Waals surface area contributed by atoms with E-state index in [9.17, 15) is 23.6 Å². The van der Waals surface area contributed by atoms with Gasteiger partial charge in [-0.3, -0.25) is 14.5 Å². The SMILES string of the molecule is C[C@@H](COC(=O)NCCOCCOCCN1C(=O)C=CC1=O)NC(=O)N(C[C@@H]1CNC[C@@H]1F)[C@@H](c1nc(-c2cc(F)ccc2F)cn1Cc1ccccc1)C1CCOCC1. The minimum absolute atomic E-state index is 0.0260. The van der Waals surface area contributed by atoms with Crippen molar-refractivity contribution in [3.05, 3.63) is 89.9 Å². The molecular weight excluding hydrogens is 787 g/mol. The molecule has 3 N–H and O–H groups in total. The molecule has 18 heteroatoms. The lowest BCUT2D eigenvalue weighted by molar-refractivity contribution is -0.137. The quantitative estimate of drug-likeness (QED) is 0.112. The molecule has 4 atom stereocenters. The number of benzene rings is 2. The van der Waals surface area contributed by atoms with Gasteiger partial charge in [0.1, 0.15) is 30.2 Å². The number of halogens is 3. The summed E-state index contributed by atoms with van der Waals surface area (Å²) in [5.74, 6) is -2.31. The first kappa shape index (κ1) is 44.3. The fourth-order valence-electron chi connectivity index (χ4n) is 7.43. The molecule has 0 radical (unpaired) electrons. The molecule has 3 aliphatic heterocycles. The molecule has 1 aromatic heterocycles. The molecule has 3 aromatic rings. The summed E-state index contributed by atoms with van der Waals surface area (Å²) in [6, 6.07) is 10.8. The highest BCUT2D eigenvalue weighted by Crippen LogP contribution is 2.38. The van der Waals surface area contributed by atoms with Crippen molar-refractivity contribution >= 4 is 23.9 Å². The number of carbonyl (C=O) groups is 4. The van der Waals surface area contributed by atoms with Gasteiger partial charge in [0.15, 0.2) is 0 Å². The van der Waals surface area contributed by atoms with Crippen molar-refractivity contribution in [2.24, 2.45) is 11.8 Å². The summed E-state index contributed by atoms with van der Waals surface area (Å²) in [5, 5.41) is 8.60. The second kappa shape index (κ2) is 21.8. The van der Waals surface area contributed by atoms with Crippen molar-refractivity contribution in [2.45, 2.75) is 44.6 Å². The second-order valence-electron chi connectivity index (χ2n) is 15.0. The number of nitrogens with zero attached hydrogens (tertiary/aromatic N) is 4. The van der Waals surface area contributed by atoms with Crippen LogP contribution in [-0.2, 0) is 35.1 Å². The molecule has 60 heavy (non-hydrogen) atoms. The highest BCUT2D eigenvalue weighted by molar-refractivity contribution is 6.12. The monoisotopic (exact) mass is 839 g/mol. The van der Waals surface area contributed by atoms with Crippen LogP contribution in [-0.4, -0.2) is 134 Å². The molecule has 2 saturated heterocycles. The zero-order valence-electron chi connectivity index (χ0n) is 33.5. The summed E-state index contributed by atoms with van der Waals surface area (Å²) in [5.41, 5.74) is 1.08. The van der Waals surface area contributed by atoms with Crippen LogP contribution in [0.2, 0.25) is 0 Å². The van der Waals surface area contributed by atoms with Crippen LogP contribution in [0.3, 0.4) is 0 Å². The van der Waals surface area contributed by atoms with Crippen molar-refractivity contribution in [3.63, 3.8) is 0 Å². The molecule has 2 aromatic carbocycles. The summed E-state index contributed by atoms with van der Waals surface area (Å²) in [6.45, 7) is 4.26. The molecular formula is C42H52F3N7O8. The van der Waals surface area contributed by atoms with Crippen molar-refractivity contribution in [3.8, 4) is 11.3 Å². The minimum atomic E-state index is -1.21. The lowest BCUT2D eigenvalue weighted by Gasteiger charge is -2.40. The maximum absolute atomic E-state index is 15.3. The molecule has 5 amide bonds. The first-order chi connectivity index (χ1) is 29.1. The number of urea groups is 1. The van der Waals surface area contributed by atoms with E-state index in [1.165, 1.54) is 12.2 Å². The molecule has 2 fully saturated rings. The van der Waals surface area contributed by atoms with Crippen molar-refractivity contribution < 1.29 is 51.3 Å². The van der Waals surface area contributed by atoms with Crippen LogP contribution in [0.15, 0.2) is 66.9 Å². The van der Waals surface area contributed by atoms with Crippen LogP contribution in [0.5, 0.6) is 0 Å². The normalized spacial score (nSPS) is 19.1. The third-order valence-corrected chi connectivity index (χ3v) is 10.6. The molecule has 0 spiro atoms. The summed E-state index contributed by atoms with van der Waals surface area (Å²) in [6.07, 6.45) is 3.27. The van der Waals surface area contributed by atoms with Crippen molar-refractivity contribution in [1.29, 1.82) is 0 Å². The van der Waals surface area contributed by atoms with Crippen LogP contribution < -0.4 is 16.0 Å². The summed E-state index contributed by atoms with van der Waals surface area (Å²) in [7, 11) is 0. The predicted molar refractivity (Wildman–Crippen MR) is 212 cm³/mol. The molecule has 0 aliphatic carbocycles. The maximum atomic E-state index is 15.3. The fraction of sp³-hybridized carbons (Fsp3) is 0.500. The second-order valence-corrected chi connectivity index (χ2v) is 15.0. The lowest BCUT2D eigenvalue weighted by Crippen LogP contribution is -2.52. The number of carbonyl (C=O) groups excluding carboxylic acids is 4. The Bertz CT molecular complexity index is 1930. The molecule has 6 rings (SSSR count). The standard InChI is InChI=1S/C42H52F3N7O8/c1-28(27-60-42(56)47-13-17-58-19-20-59-18-14-51-37(53)9-10-38(51)54)48-41(55)52(25-31-22-46-23-35(31)45)39(30-11-15-57-16-12-30)40-49-36(33-21-32(43)7-8-34(33)44)26-50(40)24-29-5-3-2-4-6-29/h2-10,21,26,28,30-31,35,39,46H,11-20,22-25,27H2,1H3,(H,47,56)(H,48,55)/t28-,31-,35-,39+/m0/s1. The maximum Gasteiger partial charge on any atom is 0.407 e. The van der Waals surface area contributed by atoms with E-state index in [-0.39, 0.29) is 88.2 Å². The van der Waals surface area contributed by atoms with Gasteiger partial charge in [0.05, 0.1) is 50.7 Å². The van der Waals surface area contributed by atoms with E-state index in [1.54, 1.807) is 18.0 Å². The summed E-state index contributed by atoms with van der Waals surface area (Å²) in [4.78, 5) is 57.8. The Kier molecular flexibility index (Phi) is 16.1. The lowest BCUT2D eigenvalue weighted by atomic mass is 9.89. The van der Waals surface area contributed by atoms with E-state index >= 15 is 8.78 Å². The average molecular weight is 840 g/mol. The van der Waals surface area contributed by atoms with Gasteiger partial charge in [-0.2, -0.15) is 0 Å². The minimum Gasteiger partial charge on any atom is -0.447 e. The molecule has 0 unspecified atom stereocenters. The van der Waals surface area contributed by atoms with E-state index < -0.39 is 47.9 Å². The van der Waals surface area contributed by atoms with Crippen LogP contribution in [0.4, 0.5) is 22.8 Å². The first-order valence-electron chi connectivity index (χ1n) is 20.2. The zero-order chi connectivity index (χ0) is 42.4. The molecule has 0 saturated carbocycles. The van der Waals surface area contributed by atoms with Crippen LogP contribution in [0.1, 0.15) is 37.2 Å². The Balaban J connectivity index is 1.11. The number of imide groups is 1. The Hall–Kier alpha value is -5.30. The van der Waals surface area contributed by atoms with Gasteiger partial charge in [0.2, 0.25) is 0 Å². The molecule has 4 heterocycles. The highest BCUT2D eigenvalue weighted by Gasteiger charge is 2.40. The van der Waals surface area contributed by atoms with Gasteiger partial charge in [-0.05, 0) is 49.4 Å². The number of hydrogen-bond donors (Lipinski definition) is 3. The van der Waals surface area contributed by atoms with Crippen molar-refractivity contribution in [1.82, 2.24) is 35.3 Å². The Morgan fingerprint density at radius 1 is 1.00 bits per heavy atom. The van der Waals surface area contributed by atoms with Gasteiger partial charge >= 0.3 is 12.1 Å². The van der Waals surface area contributed by atoms with Gasteiger partial charge in [0.25, 0.3) is 11.8 Å². The first-order valence-corrected chi connectivity index (χ1v) is 20.2. The number of rotatable bonds is 20. The number of alkyl halides is 1. The number of alkyl carbamates (subject to hydrolysis) is 1. The third-order valence-electron chi connectivity index (χ3n) is 10.6. The molecule has 324 valence electrons. The highest BCUT2D eigenvalue weighted by atomic mass is 19.1. The smallest absolute Gasteiger partial charge is 0.407 e. The molecule has 0 bridgehead atoms. The Morgan fingerprint density at radius 2 is 1.73 bits per heavy atom. The van der Waals surface area contributed by atoms with E-state index in [1.807, 2.05) is 34.9 Å². The topological polar surface area (TPSA) is 166 Å². The van der Waals surface area contributed by atoms with Crippen molar-refractivity contribution in [2.75, 3.05) is 79.0 Å². The third kappa shape index (κ3) is 12.1. The summed E-state index contributed by atoms with van der Waals surface area (Å²) >= 11 is 0. The number of imidazole rings is 1. The zero-order valence-corrected chi connectivity index (χ0v) is 33.5. The van der Waals surface area contributed by atoms with Gasteiger partial charge in [0, 0.05) is 75.8 Å². The predicted octanol–water partition coefficient (Wildman–Crippen LogP) is 3.99. The number of nitrogens with one attached hydrogen (secondary N) is 3. The van der Waals surface area contributed by atoms with E-state index in [0.717, 1.165) is 28.7 Å². The van der Waals surface area contributed by atoms with Gasteiger partial charge in [-0.25, -0.2) is 27.7 Å². The molecule has 3 aliphatic rings. The van der Waals surface area contributed by atoms with Gasteiger partial charge < -0.3 is 44.4 Å². The van der Waals surface area contributed by atoms with Gasteiger partial charge in [-0.15, -0.1) is 0 Å². The number of aromatic nitrogens is 2. The van der Waals surface area contributed by atoms with E-state index in [0.29, 0.717) is 45.0 Å². The fourth-order valence-corrected chi connectivity index (χ4v) is 7.43. The van der Waals surface area contributed by atoms with Crippen LogP contribution in [0.25, 0.3) is 11.3 Å². The largest absolute Gasteiger partial charge is 0.447 e.